The molecule has 1 aliphatic rings. The summed E-state index contributed by atoms with van der Waals surface area (Å²) in [5, 5.41) is 6.97. The molecule has 1 aromatic carbocycles. The Morgan fingerprint density at radius 3 is 2.77 bits per heavy atom. The summed E-state index contributed by atoms with van der Waals surface area (Å²) in [6, 6.07) is 15.7. The van der Waals surface area contributed by atoms with Gasteiger partial charge in [-0.1, -0.05) is 30.3 Å². The average Bonchev–Trinajstić information content (AvgIpc) is 3.17. The highest BCUT2D eigenvalue weighted by Gasteiger charge is 2.25. The van der Waals surface area contributed by atoms with E-state index in [1.807, 2.05) is 19.2 Å². The number of likely N-dealkylation sites (tertiary alicyclic amines) is 1. The summed E-state index contributed by atoms with van der Waals surface area (Å²) in [5.74, 6) is 1.88. The van der Waals surface area contributed by atoms with Gasteiger partial charge in [-0.15, -0.1) is 0 Å². The van der Waals surface area contributed by atoms with Gasteiger partial charge in [0.1, 0.15) is 5.76 Å². The number of furan rings is 1. The predicted molar refractivity (Wildman–Crippen MR) is 106 cm³/mol. The van der Waals surface area contributed by atoms with Crippen LogP contribution in [-0.2, 0) is 13.0 Å². The predicted octanol–water partition coefficient (Wildman–Crippen LogP) is 3.04. The normalized spacial score (nSPS) is 21.5. The Bertz CT molecular complexity index is 669. The van der Waals surface area contributed by atoms with E-state index in [-0.39, 0.29) is 0 Å². The van der Waals surface area contributed by atoms with E-state index in [0.717, 1.165) is 50.6 Å². The van der Waals surface area contributed by atoms with E-state index in [1.165, 1.54) is 5.56 Å². The highest BCUT2D eigenvalue weighted by atomic mass is 16.3. The van der Waals surface area contributed by atoms with Gasteiger partial charge in [0.25, 0.3) is 0 Å². The zero-order chi connectivity index (χ0) is 18.2. The molecule has 2 heterocycles. The van der Waals surface area contributed by atoms with E-state index >= 15 is 0 Å². The van der Waals surface area contributed by atoms with Crippen molar-refractivity contribution >= 4 is 5.96 Å². The summed E-state index contributed by atoms with van der Waals surface area (Å²) < 4.78 is 5.37. The van der Waals surface area contributed by atoms with Gasteiger partial charge < -0.3 is 15.1 Å². The highest BCUT2D eigenvalue weighted by Crippen LogP contribution is 2.19. The van der Waals surface area contributed by atoms with Crippen LogP contribution < -0.4 is 10.6 Å². The van der Waals surface area contributed by atoms with Gasteiger partial charge in [-0.25, -0.2) is 0 Å². The summed E-state index contributed by atoms with van der Waals surface area (Å²) in [5.41, 5.74) is 1.39. The van der Waals surface area contributed by atoms with E-state index < -0.39 is 0 Å². The van der Waals surface area contributed by atoms with Gasteiger partial charge in [0.05, 0.1) is 6.26 Å². The number of piperidine rings is 1. The van der Waals surface area contributed by atoms with E-state index in [4.69, 9.17) is 4.42 Å². The monoisotopic (exact) mass is 354 g/mol. The van der Waals surface area contributed by atoms with Crippen molar-refractivity contribution in [3.8, 4) is 0 Å². The van der Waals surface area contributed by atoms with Crippen LogP contribution in [0.25, 0.3) is 0 Å². The molecule has 0 spiro atoms. The first-order valence-corrected chi connectivity index (χ1v) is 9.52. The first-order valence-electron chi connectivity index (χ1n) is 9.52. The Labute approximate surface area is 156 Å². The molecule has 0 bridgehead atoms. The Morgan fingerprint density at radius 2 is 2.08 bits per heavy atom. The molecular weight excluding hydrogens is 324 g/mol. The van der Waals surface area contributed by atoms with E-state index in [1.54, 1.807) is 6.26 Å². The van der Waals surface area contributed by atoms with Crippen molar-refractivity contribution in [2.24, 2.45) is 4.99 Å². The molecule has 1 saturated heterocycles. The lowest BCUT2D eigenvalue weighted by Gasteiger charge is -2.38. The Hall–Kier alpha value is -2.27. The molecule has 1 aromatic heterocycles. The van der Waals surface area contributed by atoms with Gasteiger partial charge in [0, 0.05) is 45.2 Å². The van der Waals surface area contributed by atoms with Crippen molar-refractivity contribution in [2.45, 2.75) is 44.8 Å². The third-order valence-corrected chi connectivity index (χ3v) is 5.05. The average molecular weight is 354 g/mol. The van der Waals surface area contributed by atoms with Crippen molar-refractivity contribution in [3.63, 3.8) is 0 Å². The number of aliphatic imine (C=N–C) groups is 1. The van der Waals surface area contributed by atoms with E-state index in [9.17, 15) is 0 Å². The van der Waals surface area contributed by atoms with Gasteiger partial charge in [-0.2, -0.15) is 0 Å². The highest BCUT2D eigenvalue weighted by molar-refractivity contribution is 5.79. The molecule has 2 atom stereocenters. The maximum atomic E-state index is 5.37. The second-order valence-corrected chi connectivity index (χ2v) is 7.00. The number of rotatable bonds is 6. The minimum absolute atomic E-state index is 0.465. The zero-order valence-electron chi connectivity index (χ0n) is 15.8. The number of nitrogens with one attached hydrogen (secondary N) is 2. The molecule has 5 heteroatoms. The number of nitrogens with zero attached hydrogens (tertiary/aromatic N) is 2. The first-order chi connectivity index (χ1) is 12.7. The fraction of sp³-hybridized carbons (Fsp3) is 0.476. The van der Waals surface area contributed by atoms with Gasteiger partial charge >= 0.3 is 0 Å². The molecule has 2 N–H and O–H groups in total. The van der Waals surface area contributed by atoms with Crippen molar-refractivity contribution in [3.05, 3.63) is 60.1 Å². The summed E-state index contributed by atoms with van der Waals surface area (Å²) in [6.45, 7) is 5.28. The summed E-state index contributed by atoms with van der Waals surface area (Å²) in [4.78, 5) is 6.93. The minimum atomic E-state index is 0.465. The lowest BCUT2D eigenvalue weighted by atomic mass is 9.97. The van der Waals surface area contributed by atoms with E-state index in [2.05, 4.69) is 57.8 Å². The molecule has 26 heavy (non-hydrogen) atoms. The summed E-state index contributed by atoms with van der Waals surface area (Å²) in [7, 11) is 1.83. The number of guanidine groups is 1. The molecule has 1 fully saturated rings. The van der Waals surface area contributed by atoms with Crippen LogP contribution in [-0.4, -0.2) is 43.1 Å². The fourth-order valence-corrected chi connectivity index (χ4v) is 3.55. The molecular formula is C21H30N4O. The van der Waals surface area contributed by atoms with Gasteiger partial charge in [-0.05, 0) is 37.5 Å². The maximum absolute atomic E-state index is 5.37. The Morgan fingerprint density at radius 1 is 1.23 bits per heavy atom. The lowest BCUT2D eigenvalue weighted by Crippen LogP contribution is -2.51. The fourth-order valence-electron chi connectivity index (χ4n) is 3.55. The Kier molecular flexibility index (Phi) is 6.72. The SMILES string of the molecule is CN=C(NCCc1ccco1)NC1CCN(Cc2ccccc2)C(C)C1. The maximum Gasteiger partial charge on any atom is 0.191 e. The molecule has 2 unspecified atom stereocenters. The van der Waals surface area contributed by atoms with E-state index in [0.29, 0.717) is 12.1 Å². The van der Waals surface area contributed by atoms with Crippen molar-refractivity contribution in [1.82, 2.24) is 15.5 Å². The van der Waals surface area contributed by atoms with Crippen LogP contribution in [0.15, 0.2) is 58.1 Å². The molecule has 3 rings (SSSR count). The van der Waals surface area contributed by atoms with Crippen LogP contribution in [0.5, 0.6) is 0 Å². The summed E-state index contributed by atoms with van der Waals surface area (Å²) in [6.07, 6.45) is 4.84. The lowest BCUT2D eigenvalue weighted by molar-refractivity contribution is 0.134. The van der Waals surface area contributed by atoms with Gasteiger partial charge in [0.2, 0.25) is 0 Å². The van der Waals surface area contributed by atoms with Gasteiger partial charge in [0.15, 0.2) is 5.96 Å². The smallest absolute Gasteiger partial charge is 0.191 e. The molecule has 0 aliphatic carbocycles. The molecule has 0 saturated carbocycles. The standard InChI is InChI=1S/C21H30N4O/c1-17-15-19(11-13-25(17)16-18-7-4-3-5-8-18)24-21(22-2)23-12-10-20-9-6-14-26-20/h3-9,14,17,19H,10-13,15-16H2,1-2H3,(H2,22,23,24). The largest absolute Gasteiger partial charge is 0.469 e. The van der Waals surface area contributed by atoms with Gasteiger partial charge in [-0.3, -0.25) is 9.89 Å². The zero-order valence-corrected chi connectivity index (χ0v) is 15.8. The minimum Gasteiger partial charge on any atom is -0.469 e. The van der Waals surface area contributed by atoms with Crippen LogP contribution in [0, 0.1) is 0 Å². The third kappa shape index (κ3) is 5.36. The molecule has 2 aromatic rings. The van der Waals surface area contributed by atoms with Crippen molar-refractivity contribution in [2.75, 3.05) is 20.1 Å². The summed E-state index contributed by atoms with van der Waals surface area (Å²) >= 11 is 0. The molecule has 0 radical (unpaired) electrons. The number of hydrogen-bond acceptors (Lipinski definition) is 3. The second kappa shape index (κ2) is 9.43. The molecule has 140 valence electrons. The van der Waals surface area contributed by atoms with Crippen LogP contribution in [0.4, 0.5) is 0 Å². The first kappa shape index (κ1) is 18.5. The quantitative estimate of drug-likeness (QED) is 0.618. The Balaban J connectivity index is 1.42. The molecule has 0 amide bonds. The third-order valence-electron chi connectivity index (χ3n) is 5.05. The molecule has 1 aliphatic heterocycles. The topological polar surface area (TPSA) is 52.8 Å². The van der Waals surface area contributed by atoms with Crippen LogP contribution >= 0.6 is 0 Å². The van der Waals surface area contributed by atoms with Crippen LogP contribution in [0.1, 0.15) is 31.1 Å². The van der Waals surface area contributed by atoms with Crippen LogP contribution in [0.3, 0.4) is 0 Å². The second-order valence-electron chi connectivity index (χ2n) is 7.00. The number of hydrogen-bond donors (Lipinski definition) is 2. The molecule has 5 nitrogen and oxygen atoms in total. The van der Waals surface area contributed by atoms with Crippen LogP contribution in [0.2, 0.25) is 0 Å². The van der Waals surface area contributed by atoms with Crippen molar-refractivity contribution < 1.29 is 4.42 Å². The van der Waals surface area contributed by atoms with Crippen molar-refractivity contribution in [1.29, 1.82) is 0 Å². The number of benzene rings is 1.